The van der Waals surface area contributed by atoms with Crippen molar-refractivity contribution in [3.63, 3.8) is 0 Å². The van der Waals surface area contributed by atoms with Gasteiger partial charge in [0.15, 0.2) is 0 Å². The summed E-state index contributed by atoms with van der Waals surface area (Å²) in [6.07, 6.45) is 2.92. The Balaban J connectivity index is 1.82. The van der Waals surface area contributed by atoms with Crippen LogP contribution >= 0.6 is 0 Å². The summed E-state index contributed by atoms with van der Waals surface area (Å²) in [6, 6.07) is 14.5. The molecule has 0 saturated heterocycles. The number of ether oxygens (including phenoxy) is 2. The molecule has 9 nitrogen and oxygen atoms in total. The maximum absolute atomic E-state index is 12.6. The molecule has 0 aliphatic carbocycles. The van der Waals surface area contributed by atoms with E-state index in [-0.39, 0.29) is 12.6 Å². The van der Waals surface area contributed by atoms with Crippen LogP contribution in [0, 0.1) is 12.3 Å². The zero-order valence-electron chi connectivity index (χ0n) is 19.6. The molecule has 0 fully saturated rings. The first-order chi connectivity index (χ1) is 16.5. The number of rotatable bonds is 11. The molecule has 0 aliphatic heterocycles. The van der Waals surface area contributed by atoms with Gasteiger partial charge in [-0.1, -0.05) is 30.3 Å². The number of hydrogen-bond acceptors (Lipinski definition) is 7. The first-order valence-corrected chi connectivity index (χ1v) is 10.9. The molecule has 2 heterocycles. The van der Waals surface area contributed by atoms with Crippen LogP contribution in [0.25, 0.3) is 0 Å². The molecule has 0 bridgehead atoms. The zero-order valence-corrected chi connectivity index (χ0v) is 19.6. The van der Waals surface area contributed by atoms with Gasteiger partial charge in [0.2, 0.25) is 0 Å². The molecule has 178 valence electrons. The van der Waals surface area contributed by atoms with Crippen molar-refractivity contribution in [2.75, 3.05) is 31.0 Å². The minimum atomic E-state index is -0.392. The van der Waals surface area contributed by atoms with Crippen molar-refractivity contribution in [2.24, 2.45) is 0 Å². The zero-order chi connectivity index (χ0) is 24.3. The number of aryl methyl sites for hydroxylation is 1. The molecule has 2 aromatic heterocycles. The minimum Gasteiger partial charge on any atom is -0.382 e. The number of nitrogens with zero attached hydrogens (tertiary/aromatic N) is 2. The number of methoxy groups -OCH3 is 1. The Morgan fingerprint density at radius 2 is 1.97 bits per heavy atom. The van der Waals surface area contributed by atoms with Gasteiger partial charge in [0.25, 0.3) is 0 Å². The van der Waals surface area contributed by atoms with Gasteiger partial charge in [-0.2, -0.15) is 0 Å². The summed E-state index contributed by atoms with van der Waals surface area (Å²) in [7, 11) is 1.60. The summed E-state index contributed by atoms with van der Waals surface area (Å²) in [5, 5.41) is 16.9. The molecule has 9 heteroatoms. The number of pyridine rings is 2. The Morgan fingerprint density at radius 3 is 2.68 bits per heavy atom. The fraction of sp³-hybridized carbons (Fsp3) is 0.280. The van der Waals surface area contributed by atoms with Crippen molar-refractivity contribution in [1.82, 2.24) is 15.3 Å². The van der Waals surface area contributed by atoms with Crippen LogP contribution in [-0.4, -0.2) is 42.5 Å². The van der Waals surface area contributed by atoms with E-state index in [1.165, 1.54) is 6.21 Å². The maximum Gasteiger partial charge on any atom is 0.320 e. The van der Waals surface area contributed by atoms with Gasteiger partial charge in [-0.15, -0.1) is 0 Å². The maximum atomic E-state index is 12.6. The van der Waals surface area contributed by atoms with E-state index in [2.05, 4.69) is 25.9 Å². The van der Waals surface area contributed by atoms with E-state index in [1.807, 2.05) is 56.3 Å². The highest BCUT2D eigenvalue weighted by molar-refractivity contribution is 5.93. The quantitative estimate of drug-likeness (QED) is 0.245. The number of urea groups is 1. The van der Waals surface area contributed by atoms with E-state index < -0.39 is 6.03 Å². The average Bonchev–Trinajstić information content (AvgIpc) is 2.83. The molecule has 4 N–H and O–H groups in total. The predicted octanol–water partition coefficient (Wildman–Crippen LogP) is 4.57. The lowest BCUT2D eigenvalue weighted by atomic mass is 10.1. The second-order valence-electron chi connectivity index (χ2n) is 7.65. The van der Waals surface area contributed by atoms with Crippen LogP contribution in [0.2, 0.25) is 0 Å². The fourth-order valence-corrected chi connectivity index (χ4v) is 3.30. The Labute approximate surface area is 199 Å². The molecule has 2 amide bonds. The highest BCUT2D eigenvalue weighted by Crippen LogP contribution is 2.27. The van der Waals surface area contributed by atoms with Gasteiger partial charge in [0.1, 0.15) is 5.82 Å². The van der Waals surface area contributed by atoms with Gasteiger partial charge >= 0.3 is 6.03 Å². The smallest absolute Gasteiger partial charge is 0.320 e. The lowest BCUT2D eigenvalue weighted by Crippen LogP contribution is -2.31. The molecule has 3 rings (SSSR count). The Kier molecular flexibility index (Phi) is 9.07. The second kappa shape index (κ2) is 12.4. The summed E-state index contributed by atoms with van der Waals surface area (Å²) in [5.41, 5.74) is 4.39. The highest BCUT2D eigenvalue weighted by Gasteiger charge is 2.16. The summed E-state index contributed by atoms with van der Waals surface area (Å²) in [4.78, 5) is 21.4. The van der Waals surface area contributed by atoms with Gasteiger partial charge in [0, 0.05) is 36.5 Å². The van der Waals surface area contributed by atoms with Crippen molar-refractivity contribution in [3.8, 4) is 0 Å². The van der Waals surface area contributed by atoms with E-state index in [4.69, 9.17) is 14.9 Å². The third-order valence-electron chi connectivity index (χ3n) is 5.01. The standard InChI is InChI=1S/C25H30N6O3/c1-17-13-21(9-10-27-17)29-24-20(15-26)14-23(30-22(24)16-34-12-11-33-3)31-25(32)28-18(2)19-7-5-4-6-8-19/h4-10,13-15,18,26H,11-12,16H2,1-3H3,(H,27,29)(H2,28,30,31,32)/t18-/m1/s1. The molecular formula is C25H30N6O3. The summed E-state index contributed by atoms with van der Waals surface area (Å²) < 4.78 is 10.7. The molecule has 1 atom stereocenters. The van der Waals surface area contributed by atoms with Crippen molar-refractivity contribution in [2.45, 2.75) is 26.5 Å². The Morgan fingerprint density at radius 1 is 1.18 bits per heavy atom. The van der Waals surface area contributed by atoms with E-state index in [0.29, 0.717) is 36.0 Å². The lowest BCUT2D eigenvalue weighted by molar-refractivity contribution is 0.0605. The number of carbonyl (C=O) groups excluding carboxylic acids is 1. The number of carbonyl (C=O) groups is 1. The molecule has 1 aromatic carbocycles. The van der Waals surface area contributed by atoms with Crippen molar-refractivity contribution < 1.29 is 14.3 Å². The topological polar surface area (TPSA) is 121 Å². The minimum absolute atomic E-state index is 0.175. The molecule has 0 aliphatic rings. The number of amides is 2. The van der Waals surface area contributed by atoms with Gasteiger partial charge < -0.3 is 25.5 Å². The molecule has 0 saturated carbocycles. The predicted molar refractivity (Wildman–Crippen MR) is 133 cm³/mol. The fourth-order valence-electron chi connectivity index (χ4n) is 3.30. The third kappa shape index (κ3) is 7.09. The number of nitrogens with one attached hydrogen (secondary N) is 4. The van der Waals surface area contributed by atoms with Crippen molar-refractivity contribution in [3.05, 3.63) is 77.2 Å². The first-order valence-electron chi connectivity index (χ1n) is 10.9. The molecule has 0 unspecified atom stereocenters. The van der Waals surface area contributed by atoms with Crippen LogP contribution < -0.4 is 16.0 Å². The van der Waals surface area contributed by atoms with Gasteiger partial charge in [-0.3, -0.25) is 10.3 Å². The largest absolute Gasteiger partial charge is 0.382 e. The summed E-state index contributed by atoms with van der Waals surface area (Å²) in [6.45, 7) is 4.82. The summed E-state index contributed by atoms with van der Waals surface area (Å²) >= 11 is 0. The molecule has 34 heavy (non-hydrogen) atoms. The lowest BCUT2D eigenvalue weighted by Gasteiger charge is -2.18. The highest BCUT2D eigenvalue weighted by atomic mass is 16.5. The van der Waals surface area contributed by atoms with E-state index in [0.717, 1.165) is 16.9 Å². The van der Waals surface area contributed by atoms with Crippen molar-refractivity contribution in [1.29, 1.82) is 5.41 Å². The third-order valence-corrected chi connectivity index (χ3v) is 5.01. The molecule has 0 spiro atoms. The van der Waals surface area contributed by atoms with Crippen LogP contribution in [0.5, 0.6) is 0 Å². The van der Waals surface area contributed by atoms with E-state index in [1.54, 1.807) is 19.4 Å². The SMILES string of the molecule is COCCOCc1nc(NC(=O)N[C@H](C)c2ccccc2)cc(C=N)c1Nc1ccnc(C)c1. The van der Waals surface area contributed by atoms with Gasteiger partial charge in [0.05, 0.1) is 37.2 Å². The number of benzene rings is 1. The normalized spacial score (nSPS) is 11.5. The second-order valence-corrected chi connectivity index (χ2v) is 7.65. The van der Waals surface area contributed by atoms with Crippen molar-refractivity contribution >= 4 is 29.4 Å². The van der Waals surface area contributed by atoms with E-state index in [9.17, 15) is 4.79 Å². The number of hydrogen-bond donors (Lipinski definition) is 4. The molecular weight excluding hydrogens is 432 g/mol. The van der Waals surface area contributed by atoms with Gasteiger partial charge in [-0.05, 0) is 37.6 Å². The summed E-state index contributed by atoms with van der Waals surface area (Å²) in [5.74, 6) is 0.318. The number of aromatic nitrogens is 2. The Hall–Kier alpha value is -3.82. The van der Waals surface area contributed by atoms with Crippen LogP contribution in [0.15, 0.2) is 54.7 Å². The Bertz CT molecular complexity index is 1110. The monoisotopic (exact) mass is 462 g/mol. The van der Waals surface area contributed by atoms with Crippen LogP contribution in [-0.2, 0) is 16.1 Å². The van der Waals surface area contributed by atoms with Crippen LogP contribution in [0.3, 0.4) is 0 Å². The molecule has 0 radical (unpaired) electrons. The number of anilines is 3. The van der Waals surface area contributed by atoms with Crippen LogP contribution in [0.4, 0.5) is 22.0 Å². The van der Waals surface area contributed by atoms with Gasteiger partial charge in [-0.25, -0.2) is 9.78 Å². The first kappa shape index (κ1) is 24.8. The molecule has 3 aromatic rings. The van der Waals surface area contributed by atoms with E-state index >= 15 is 0 Å². The van der Waals surface area contributed by atoms with Crippen LogP contribution in [0.1, 0.15) is 35.5 Å². The average molecular weight is 463 g/mol.